The molecule has 9 nitrogen and oxygen atoms in total. The maximum Gasteiger partial charge on any atom is 0.175 e. The summed E-state index contributed by atoms with van der Waals surface area (Å²) >= 11 is 0. The summed E-state index contributed by atoms with van der Waals surface area (Å²) in [6, 6.07) is 12.2. The average molecular weight is 588 g/mol. The Hall–Kier alpha value is -3.56. The van der Waals surface area contributed by atoms with Crippen LogP contribution in [-0.4, -0.2) is 72.2 Å². The summed E-state index contributed by atoms with van der Waals surface area (Å²) in [6.07, 6.45) is 10.9. The topological polar surface area (TPSA) is 78.0 Å². The Morgan fingerprint density at radius 3 is 2.56 bits per heavy atom. The lowest BCUT2D eigenvalue weighted by atomic mass is 9.91. The van der Waals surface area contributed by atoms with E-state index in [2.05, 4.69) is 45.3 Å². The fraction of sp³-hybridized carbons (Fsp3) is 0.529. The van der Waals surface area contributed by atoms with Gasteiger partial charge in [-0.1, -0.05) is 11.2 Å². The van der Waals surface area contributed by atoms with Crippen molar-refractivity contribution in [1.29, 1.82) is 0 Å². The highest BCUT2D eigenvalue weighted by Crippen LogP contribution is 2.36. The molecule has 43 heavy (non-hydrogen) atoms. The van der Waals surface area contributed by atoms with Gasteiger partial charge in [-0.05, 0) is 94.8 Å². The second kappa shape index (κ2) is 13.8. The minimum atomic E-state index is 0.673. The lowest BCUT2D eigenvalue weighted by molar-refractivity contribution is 0.172. The van der Waals surface area contributed by atoms with Crippen LogP contribution in [0.25, 0.3) is 11.0 Å². The van der Waals surface area contributed by atoms with Crippen molar-refractivity contribution in [3.8, 4) is 17.2 Å². The lowest BCUT2D eigenvalue weighted by Crippen LogP contribution is -2.36. The van der Waals surface area contributed by atoms with E-state index < -0.39 is 0 Å². The number of likely N-dealkylation sites (tertiary alicyclic amines) is 1. The van der Waals surface area contributed by atoms with Gasteiger partial charge in [-0.2, -0.15) is 5.10 Å². The van der Waals surface area contributed by atoms with E-state index in [0.29, 0.717) is 19.0 Å². The number of piperidine rings is 1. The van der Waals surface area contributed by atoms with Crippen molar-refractivity contribution in [2.75, 3.05) is 47.5 Å². The molecule has 4 aromatic rings. The van der Waals surface area contributed by atoms with E-state index >= 15 is 0 Å². The number of hydrogen-bond acceptors (Lipinski definition) is 8. The summed E-state index contributed by atoms with van der Waals surface area (Å²) in [7, 11) is 5.49. The molecule has 0 spiro atoms. The molecule has 1 saturated carbocycles. The van der Waals surface area contributed by atoms with Crippen LogP contribution in [0.1, 0.15) is 48.9 Å². The molecular weight excluding hydrogens is 542 g/mol. The molecule has 230 valence electrons. The van der Waals surface area contributed by atoms with Crippen LogP contribution in [0.3, 0.4) is 0 Å². The van der Waals surface area contributed by atoms with Gasteiger partial charge in [0.25, 0.3) is 0 Å². The fourth-order valence-corrected chi connectivity index (χ4v) is 6.16. The molecule has 0 bridgehead atoms. The van der Waals surface area contributed by atoms with E-state index in [0.717, 1.165) is 96.6 Å². The summed E-state index contributed by atoms with van der Waals surface area (Å²) in [5, 5.41) is 10.0. The predicted octanol–water partition coefficient (Wildman–Crippen LogP) is 5.81. The van der Waals surface area contributed by atoms with Crippen LogP contribution in [0.4, 0.5) is 0 Å². The Labute approximate surface area is 254 Å². The highest BCUT2D eigenvalue weighted by Gasteiger charge is 2.25. The molecule has 3 heterocycles. The molecule has 1 aliphatic carbocycles. The highest BCUT2D eigenvalue weighted by atomic mass is 16.5. The van der Waals surface area contributed by atoms with Gasteiger partial charge in [-0.25, -0.2) is 0 Å². The third-order valence-corrected chi connectivity index (χ3v) is 9.01. The zero-order chi connectivity index (χ0) is 29.6. The quantitative estimate of drug-likeness (QED) is 0.173. The molecule has 9 heteroatoms. The largest absolute Gasteiger partial charge is 0.497 e. The van der Waals surface area contributed by atoms with Crippen LogP contribution in [0.15, 0.2) is 53.3 Å². The van der Waals surface area contributed by atoms with E-state index in [9.17, 15) is 0 Å². The molecule has 0 radical (unpaired) electrons. The van der Waals surface area contributed by atoms with E-state index in [1.165, 1.54) is 25.7 Å². The van der Waals surface area contributed by atoms with Crippen molar-refractivity contribution >= 4 is 11.0 Å². The number of methoxy groups -OCH3 is 2. The maximum atomic E-state index is 6.35. The first-order valence-electron chi connectivity index (χ1n) is 15.7. The van der Waals surface area contributed by atoms with E-state index in [4.69, 9.17) is 18.7 Å². The van der Waals surface area contributed by atoms with Crippen LogP contribution in [0, 0.1) is 11.8 Å². The minimum Gasteiger partial charge on any atom is -0.497 e. The molecule has 0 atom stereocenters. The molecule has 2 aromatic carbocycles. The summed E-state index contributed by atoms with van der Waals surface area (Å²) in [5.74, 6) is 3.90. The molecular formula is C34H45N5O4. The highest BCUT2D eigenvalue weighted by molar-refractivity contribution is 5.84. The van der Waals surface area contributed by atoms with Crippen LogP contribution in [0.2, 0.25) is 0 Å². The number of hydrogen-bond donors (Lipinski definition) is 0. The summed E-state index contributed by atoms with van der Waals surface area (Å²) in [5.41, 5.74) is 4.08. The van der Waals surface area contributed by atoms with Gasteiger partial charge in [-0.3, -0.25) is 9.58 Å². The number of aromatic nitrogens is 3. The third-order valence-electron chi connectivity index (χ3n) is 9.01. The summed E-state index contributed by atoms with van der Waals surface area (Å²) < 4.78 is 25.5. The van der Waals surface area contributed by atoms with Crippen LogP contribution in [0.5, 0.6) is 17.2 Å². The smallest absolute Gasteiger partial charge is 0.175 e. The van der Waals surface area contributed by atoms with Gasteiger partial charge in [0.05, 0.1) is 38.6 Å². The number of nitrogens with zero attached hydrogens (tertiary/aromatic N) is 5. The molecule has 0 unspecified atom stereocenters. The first kappa shape index (κ1) is 29.5. The van der Waals surface area contributed by atoms with Crippen LogP contribution in [-0.2, 0) is 26.1 Å². The van der Waals surface area contributed by atoms with Gasteiger partial charge in [0.2, 0.25) is 0 Å². The Kier molecular flexibility index (Phi) is 9.48. The standard InChI is InChI=1S/C34H45N5O4/c1-37(22-27-8-9-28(40-2)21-33(27)41-3)23-30-32(42-24-26-5-6-26)12-10-29-31(36-43-34(29)30)11-7-25-13-17-38(18-14-25)19-20-39-16-4-15-35-39/h4,8-10,12,15-16,21,25-26H,5-7,11,13-14,17-20,22-24H2,1-3H3. The first-order valence-corrected chi connectivity index (χ1v) is 15.7. The number of ether oxygens (including phenoxy) is 3. The molecule has 2 aromatic heterocycles. The number of fused-ring (bicyclic) bond motifs is 1. The van der Waals surface area contributed by atoms with Crippen molar-refractivity contribution in [2.45, 2.75) is 58.2 Å². The van der Waals surface area contributed by atoms with Gasteiger partial charge in [0, 0.05) is 49.0 Å². The van der Waals surface area contributed by atoms with Gasteiger partial charge < -0.3 is 23.6 Å². The van der Waals surface area contributed by atoms with Gasteiger partial charge in [0.15, 0.2) is 5.58 Å². The van der Waals surface area contributed by atoms with Gasteiger partial charge in [0.1, 0.15) is 17.2 Å². The molecule has 6 rings (SSSR count). The molecule has 2 fully saturated rings. The van der Waals surface area contributed by atoms with Crippen molar-refractivity contribution in [2.24, 2.45) is 11.8 Å². The van der Waals surface area contributed by atoms with Gasteiger partial charge in [-0.15, -0.1) is 0 Å². The lowest BCUT2D eigenvalue weighted by Gasteiger charge is -2.31. The van der Waals surface area contributed by atoms with Crippen LogP contribution < -0.4 is 14.2 Å². The van der Waals surface area contributed by atoms with Crippen molar-refractivity contribution in [1.82, 2.24) is 24.7 Å². The maximum absolute atomic E-state index is 6.35. The Bertz CT molecular complexity index is 1460. The van der Waals surface area contributed by atoms with Gasteiger partial charge >= 0.3 is 0 Å². The average Bonchev–Trinajstić information content (AvgIpc) is 3.53. The fourth-order valence-electron chi connectivity index (χ4n) is 6.16. The minimum absolute atomic E-state index is 0.673. The SMILES string of the molecule is COc1ccc(CN(C)Cc2c(OCC3CC3)ccc3c(CCC4CCN(CCn5cccn5)CC4)noc23)c(OC)c1. The number of benzene rings is 2. The third kappa shape index (κ3) is 7.51. The Morgan fingerprint density at radius 2 is 1.81 bits per heavy atom. The number of aryl methyl sites for hydroxylation is 1. The summed E-state index contributed by atoms with van der Waals surface area (Å²) in [6.45, 7) is 6.49. The molecule has 0 amide bonds. The van der Waals surface area contributed by atoms with Crippen LogP contribution >= 0.6 is 0 Å². The molecule has 1 saturated heterocycles. The van der Waals surface area contributed by atoms with Crippen molar-refractivity contribution < 1.29 is 18.7 Å². The monoisotopic (exact) mass is 587 g/mol. The molecule has 1 aliphatic heterocycles. The Morgan fingerprint density at radius 1 is 0.953 bits per heavy atom. The van der Waals surface area contributed by atoms with Crippen molar-refractivity contribution in [3.05, 3.63) is 65.6 Å². The second-order valence-corrected chi connectivity index (χ2v) is 12.2. The van der Waals surface area contributed by atoms with Crippen molar-refractivity contribution in [3.63, 3.8) is 0 Å². The zero-order valence-corrected chi connectivity index (χ0v) is 25.8. The number of rotatable bonds is 15. The van der Waals surface area contributed by atoms with E-state index in [1.807, 2.05) is 35.3 Å². The summed E-state index contributed by atoms with van der Waals surface area (Å²) in [4.78, 5) is 4.84. The van der Waals surface area contributed by atoms with E-state index in [1.54, 1.807) is 14.2 Å². The second-order valence-electron chi connectivity index (χ2n) is 12.2. The zero-order valence-electron chi connectivity index (χ0n) is 25.8. The normalized spacial score (nSPS) is 16.3. The molecule has 0 N–H and O–H groups in total. The van der Waals surface area contributed by atoms with E-state index in [-0.39, 0.29) is 0 Å². The Balaban J connectivity index is 1.11. The molecule has 2 aliphatic rings. The predicted molar refractivity (Wildman–Crippen MR) is 167 cm³/mol. The first-order chi connectivity index (χ1) is 21.1.